The van der Waals surface area contributed by atoms with Gasteiger partial charge in [-0.2, -0.15) is 53.4 Å². The molecule has 0 saturated carbocycles. The second kappa shape index (κ2) is 117. The Hall–Kier alpha value is 1.15. The topological polar surface area (TPSA) is 57.5 Å². The second-order valence-electron chi connectivity index (χ2n) is 6.76. The molecule has 0 spiro atoms. The third kappa shape index (κ3) is 1210. The summed E-state index contributed by atoms with van der Waals surface area (Å²) in [5, 5.41) is 16.1. The van der Waals surface area contributed by atoms with Crippen LogP contribution in [-0.4, -0.2) is 22.4 Å². The summed E-state index contributed by atoms with van der Waals surface area (Å²) in [6.07, 6.45) is 12.8. The molecule has 0 radical (unpaired) electrons. The first-order valence-electron chi connectivity index (χ1n) is 12.2. The van der Waals surface area contributed by atoms with Crippen molar-refractivity contribution in [3.8, 4) is 0 Å². The molecule has 0 bridgehead atoms. The summed E-state index contributed by atoms with van der Waals surface area (Å²) in [6, 6.07) is 0. The summed E-state index contributed by atoms with van der Waals surface area (Å²) >= 11 is 0.750. The molecule has 204 valence electrons. The van der Waals surface area contributed by atoms with E-state index in [0.717, 1.165) is 46.1 Å². The van der Waals surface area contributed by atoms with Gasteiger partial charge in [-0.25, -0.2) is 0 Å². The molecule has 0 aromatic heterocycles. The molecule has 0 aromatic carbocycles. The van der Waals surface area contributed by atoms with Crippen molar-refractivity contribution >= 4 is 0 Å². The fourth-order valence-electron chi connectivity index (χ4n) is 0. The zero-order valence-corrected chi connectivity index (χ0v) is 28.2. The van der Waals surface area contributed by atoms with Crippen LogP contribution in [0.15, 0.2) is 0 Å². The van der Waals surface area contributed by atoms with Gasteiger partial charge < -0.3 is 50.7 Å². The van der Waals surface area contributed by atoms with Crippen molar-refractivity contribution in [2.45, 2.75) is 147 Å². The Kier molecular flexibility index (Phi) is 227. The predicted molar refractivity (Wildman–Crippen MR) is 148 cm³/mol. The molecule has 0 aliphatic heterocycles. The second-order valence-corrected chi connectivity index (χ2v) is 6.76. The molecule has 0 unspecified atom stereocenters. The fourth-order valence-corrected chi connectivity index (χ4v) is 0. The third-order valence-corrected chi connectivity index (χ3v) is 1.41. The van der Waals surface area contributed by atoms with Gasteiger partial charge >= 0.3 is 45.4 Å². The van der Waals surface area contributed by atoms with Crippen molar-refractivity contribution in [1.82, 2.24) is 0 Å². The van der Waals surface area contributed by atoms with Crippen LogP contribution in [0.3, 0.4) is 0 Å². The van der Waals surface area contributed by atoms with E-state index in [-0.39, 0.29) is 33.9 Å². The average molecular weight is 547 g/mol. The van der Waals surface area contributed by atoms with E-state index in [1.165, 1.54) is 25.7 Å². The number of hydrogen-bond acceptors (Lipinski definition) is 3. The van der Waals surface area contributed by atoms with Crippen LogP contribution in [0.2, 0.25) is 0 Å². The van der Waals surface area contributed by atoms with Crippen molar-refractivity contribution in [2.24, 2.45) is 0 Å². The molecule has 33 heavy (non-hydrogen) atoms. The van der Waals surface area contributed by atoms with Gasteiger partial charge in [0.1, 0.15) is 0 Å². The Morgan fingerprint density at radius 3 is 0.606 bits per heavy atom. The molecular formula is C28H66O3Ti2. The van der Waals surface area contributed by atoms with Crippen LogP contribution in [0, 0.1) is 40.5 Å². The van der Waals surface area contributed by atoms with Gasteiger partial charge in [0.15, 0.2) is 0 Å². The summed E-state index contributed by atoms with van der Waals surface area (Å²) in [4.78, 5) is 0. The molecular weight excluding hydrogens is 480 g/mol. The SMILES string of the molecule is CC(C)O.CC(C)O.C[CH-]C.C[CH-]C.[CH2-]CCC.[CH2-]CCC.[CH2-]CCC.[CH2-]CCC.[O]=[Ti+2].[Ti+4]. The molecule has 0 fully saturated rings. The van der Waals surface area contributed by atoms with E-state index in [9.17, 15) is 0 Å². The van der Waals surface area contributed by atoms with Gasteiger partial charge in [0.2, 0.25) is 0 Å². The van der Waals surface area contributed by atoms with Crippen LogP contribution >= 0.6 is 0 Å². The maximum Gasteiger partial charge on any atom is 4.00 e. The van der Waals surface area contributed by atoms with Crippen LogP contribution in [0.25, 0.3) is 0 Å². The summed E-state index contributed by atoms with van der Waals surface area (Å²) in [5.74, 6) is 0. The van der Waals surface area contributed by atoms with Crippen LogP contribution in [0.4, 0.5) is 0 Å². The smallest absolute Gasteiger partial charge is 4.00 e. The molecule has 0 aromatic rings. The summed E-state index contributed by atoms with van der Waals surface area (Å²) < 4.78 is 8.25. The predicted octanol–water partition coefficient (Wildman–Crippen LogP) is 9.59. The van der Waals surface area contributed by atoms with Gasteiger partial charge in [-0.05, 0) is 27.7 Å². The van der Waals surface area contributed by atoms with Gasteiger partial charge in [0, 0.05) is 12.2 Å². The van der Waals surface area contributed by atoms with E-state index in [0.29, 0.717) is 0 Å². The van der Waals surface area contributed by atoms with Gasteiger partial charge in [0.25, 0.3) is 0 Å². The van der Waals surface area contributed by atoms with Crippen LogP contribution in [-0.2, 0) is 45.4 Å². The number of rotatable bonds is 4. The van der Waals surface area contributed by atoms with Crippen LogP contribution in [0.5, 0.6) is 0 Å². The van der Waals surface area contributed by atoms with Gasteiger partial charge in [-0.1, -0.05) is 53.4 Å². The first kappa shape index (κ1) is 64.3. The standard InChI is InChI=1S/4C4H9.2C3H8O.2C3H7.O.2Ti/c4*1-3-4-2;2*1-3(2)4;2*1-3-2;;;/h4*1,3-4H2,2H3;2*3-4H,1-2H3;2*3H,1-2H3;;;/q4*-1;;;2*-1;;+2;+4. The average Bonchev–Trinajstić information content (AvgIpc) is 2.75. The zero-order valence-electron chi connectivity index (χ0n) is 25.1. The van der Waals surface area contributed by atoms with E-state index >= 15 is 0 Å². The monoisotopic (exact) mass is 546 g/mol. The van der Waals surface area contributed by atoms with E-state index in [4.69, 9.17) is 13.5 Å². The third-order valence-electron chi connectivity index (χ3n) is 1.41. The Morgan fingerprint density at radius 2 is 0.606 bits per heavy atom. The molecule has 0 rings (SSSR count). The Balaban J connectivity index is -0.0000000226. The van der Waals surface area contributed by atoms with E-state index in [1.807, 2.05) is 40.5 Å². The fraction of sp³-hybridized carbons (Fsp3) is 0.786. The first-order valence-corrected chi connectivity index (χ1v) is 12.8. The van der Waals surface area contributed by atoms with Crippen molar-refractivity contribution in [3.63, 3.8) is 0 Å². The number of aliphatic hydroxyl groups is 2. The molecule has 2 N–H and O–H groups in total. The molecule has 3 nitrogen and oxygen atoms in total. The van der Waals surface area contributed by atoms with Crippen molar-refractivity contribution in [1.29, 1.82) is 0 Å². The Labute approximate surface area is 241 Å². The summed E-state index contributed by atoms with van der Waals surface area (Å²) in [7, 11) is 0. The van der Waals surface area contributed by atoms with E-state index in [2.05, 4.69) is 55.4 Å². The van der Waals surface area contributed by atoms with Crippen molar-refractivity contribution in [3.05, 3.63) is 40.5 Å². The zero-order chi connectivity index (χ0) is 28.2. The first-order chi connectivity index (χ1) is 14.9. The number of hydrogen-bond donors (Lipinski definition) is 2. The van der Waals surface area contributed by atoms with Crippen LogP contribution in [0.1, 0.15) is 134 Å². The summed E-state index contributed by atoms with van der Waals surface area (Å²) in [5.41, 5.74) is 0. The Bertz CT molecular complexity index is 123. The molecule has 0 heterocycles. The minimum Gasteiger partial charge on any atom is 4.00 e. The Morgan fingerprint density at radius 1 is 0.576 bits per heavy atom. The van der Waals surface area contributed by atoms with Crippen LogP contribution < -0.4 is 0 Å². The molecule has 0 saturated heterocycles. The molecule has 5 heteroatoms. The van der Waals surface area contributed by atoms with Crippen molar-refractivity contribution in [2.75, 3.05) is 0 Å². The van der Waals surface area contributed by atoms with Crippen molar-refractivity contribution < 1.29 is 55.7 Å². The molecule has 0 atom stereocenters. The van der Waals surface area contributed by atoms with Gasteiger partial charge in [-0.15, -0.1) is 0 Å². The van der Waals surface area contributed by atoms with Gasteiger partial charge in [0.05, 0.1) is 0 Å². The van der Waals surface area contributed by atoms with E-state index in [1.54, 1.807) is 27.7 Å². The number of unbranched alkanes of at least 4 members (excludes halogenated alkanes) is 4. The molecule has 0 aliphatic carbocycles. The quantitative estimate of drug-likeness (QED) is 0.273. The molecule has 0 amide bonds. The maximum atomic E-state index is 8.25. The van der Waals surface area contributed by atoms with Gasteiger partial charge in [-0.3, -0.25) is 0 Å². The maximum absolute atomic E-state index is 8.25. The summed E-state index contributed by atoms with van der Waals surface area (Å²) in [6.45, 7) is 37.8. The largest absolute Gasteiger partial charge is 4.00 e. The minimum atomic E-state index is -0.167. The minimum absolute atomic E-state index is 0. The normalized spacial score (nSPS) is 7.09. The molecule has 0 aliphatic rings. The number of aliphatic hydroxyl groups excluding tert-OH is 2. The van der Waals surface area contributed by atoms with E-state index < -0.39 is 0 Å².